The summed E-state index contributed by atoms with van der Waals surface area (Å²) in [6.07, 6.45) is 0. The van der Waals surface area contributed by atoms with Gasteiger partial charge in [-0.2, -0.15) is 0 Å². The molecule has 108 valence electrons. The Labute approximate surface area is 116 Å². The highest BCUT2D eigenvalue weighted by atomic mass is 16.4. The number of methoxy groups -OCH3 is 1. The molecule has 4 heteroatoms. The molecule has 19 heavy (non-hydrogen) atoms. The van der Waals surface area contributed by atoms with Crippen LogP contribution in [0.4, 0.5) is 5.69 Å². The van der Waals surface area contributed by atoms with E-state index in [0.717, 1.165) is 12.9 Å². The van der Waals surface area contributed by atoms with E-state index in [-0.39, 0.29) is 5.41 Å². The van der Waals surface area contributed by atoms with Gasteiger partial charge in [-0.3, -0.25) is 4.99 Å². The van der Waals surface area contributed by atoms with Crippen molar-refractivity contribution >= 4 is 11.5 Å². The van der Waals surface area contributed by atoms with Crippen LogP contribution in [0.15, 0.2) is 29.3 Å². The number of benzene rings is 1. The van der Waals surface area contributed by atoms with E-state index in [1.165, 1.54) is 11.3 Å². The van der Waals surface area contributed by atoms with E-state index < -0.39 is 0 Å². The van der Waals surface area contributed by atoms with Crippen LogP contribution in [0, 0.1) is 0 Å². The zero-order chi connectivity index (χ0) is 15.1. The zero-order valence-corrected chi connectivity index (χ0v) is 13.1. The maximum Gasteiger partial charge on any atom is 0.113 e. The molecular formula is C15H26N2O2. The van der Waals surface area contributed by atoms with Crippen molar-refractivity contribution in [3.05, 3.63) is 29.8 Å². The number of hydrogen-bond donors (Lipinski definition) is 1. The minimum Gasteiger partial charge on any atom is -0.400 e. The molecule has 1 aliphatic heterocycles. The Morgan fingerprint density at radius 3 is 2.05 bits per heavy atom. The van der Waals surface area contributed by atoms with Crippen molar-refractivity contribution in [3.8, 4) is 0 Å². The molecule has 0 saturated carbocycles. The third kappa shape index (κ3) is 3.55. The number of ether oxygens (including phenoxy) is 1. The Morgan fingerprint density at radius 2 is 1.63 bits per heavy atom. The number of aliphatic hydroxyl groups is 1. The molecule has 1 aromatic carbocycles. The lowest BCUT2D eigenvalue weighted by atomic mass is 9.86. The van der Waals surface area contributed by atoms with Gasteiger partial charge in [0.25, 0.3) is 0 Å². The molecule has 0 spiro atoms. The molecule has 1 N–H and O–H groups in total. The van der Waals surface area contributed by atoms with Crippen molar-refractivity contribution in [2.75, 3.05) is 40.3 Å². The van der Waals surface area contributed by atoms with Gasteiger partial charge in [0.15, 0.2) is 0 Å². The smallest absolute Gasteiger partial charge is 0.113 e. The monoisotopic (exact) mass is 266 g/mol. The average Bonchev–Trinajstić information content (AvgIpc) is 2.61. The summed E-state index contributed by atoms with van der Waals surface area (Å²) in [5.41, 5.74) is 2.68. The number of anilines is 1. The van der Waals surface area contributed by atoms with Gasteiger partial charge in [0, 0.05) is 46.5 Å². The maximum absolute atomic E-state index is 7.00. The predicted octanol–water partition coefficient (Wildman–Crippen LogP) is 2.31. The first kappa shape index (κ1) is 17.6. The van der Waals surface area contributed by atoms with E-state index in [1.807, 2.05) is 7.05 Å². The van der Waals surface area contributed by atoms with Crippen LogP contribution in [-0.2, 0) is 10.2 Å². The number of likely N-dealkylation sites (N-methyl/N-ethyl adjacent to an activating group) is 1. The second-order valence-corrected chi connectivity index (χ2v) is 4.66. The van der Waals surface area contributed by atoms with Crippen LogP contribution < -0.4 is 4.90 Å². The van der Waals surface area contributed by atoms with Crippen LogP contribution >= 0.6 is 0 Å². The van der Waals surface area contributed by atoms with Gasteiger partial charge in [-0.05, 0) is 25.5 Å². The molecule has 0 atom stereocenters. The first-order chi connectivity index (χ1) is 9.00. The molecule has 1 heterocycles. The van der Waals surface area contributed by atoms with Gasteiger partial charge >= 0.3 is 0 Å². The SMILES string of the molecule is CN=C1N(C)c2ccccc2C1(C)C.CO.COC. The zero-order valence-electron chi connectivity index (χ0n) is 13.1. The summed E-state index contributed by atoms with van der Waals surface area (Å²) < 4.78 is 4.25. The summed E-state index contributed by atoms with van der Waals surface area (Å²) in [4.78, 5) is 6.55. The van der Waals surface area contributed by atoms with Crippen LogP contribution in [0.3, 0.4) is 0 Å². The molecule has 0 fully saturated rings. The highest BCUT2D eigenvalue weighted by molar-refractivity contribution is 6.10. The number of aliphatic hydroxyl groups excluding tert-OH is 1. The van der Waals surface area contributed by atoms with Gasteiger partial charge in [0.05, 0.1) is 0 Å². The predicted molar refractivity (Wildman–Crippen MR) is 82.3 cm³/mol. The Balaban J connectivity index is 0.000000573. The van der Waals surface area contributed by atoms with Crippen molar-refractivity contribution in [1.82, 2.24) is 0 Å². The quantitative estimate of drug-likeness (QED) is 0.784. The molecule has 0 saturated heterocycles. The van der Waals surface area contributed by atoms with Crippen LogP contribution in [0.5, 0.6) is 0 Å². The Bertz CT molecular complexity index is 414. The van der Waals surface area contributed by atoms with Crippen LogP contribution in [0.25, 0.3) is 0 Å². The minimum absolute atomic E-state index is 0.0418. The molecule has 0 radical (unpaired) electrons. The lowest BCUT2D eigenvalue weighted by Crippen LogP contribution is -2.33. The maximum atomic E-state index is 7.00. The lowest BCUT2D eigenvalue weighted by molar-refractivity contribution is 0.277. The average molecular weight is 266 g/mol. The number of nitrogens with zero attached hydrogens (tertiary/aromatic N) is 2. The molecule has 1 aliphatic rings. The van der Waals surface area contributed by atoms with Crippen LogP contribution in [-0.4, -0.2) is 46.4 Å². The first-order valence-corrected chi connectivity index (χ1v) is 6.16. The van der Waals surface area contributed by atoms with Gasteiger partial charge < -0.3 is 14.7 Å². The summed E-state index contributed by atoms with van der Waals surface area (Å²) in [6.45, 7) is 4.44. The molecule has 0 bridgehead atoms. The Morgan fingerprint density at radius 1 is 1.16 bits per heavy atom. The molecule has 0 unspecified atom stereocenters. The summed E-state index contributed by atoms with van der Waals surface area (Å²) in [7, 11) is 8.19. The fourth-order valence-electron chi connectivity index (χ4n) is 2.38. The van der Waals surface area contributed by atoms with E-state index in [4.69, 9.17) is 5.11 Å². The second-order valence-electron chi connectivity index (χ2n) is 4.66. The molecule has 0 amide bonds. The number of para-hydroxylation sites is 1. The van der Waals surface area contributed by atoms with Crippen LogP contribution in [0.1, 0.15) is 19.4 Å². The van der Waals surface area contributed by atoms with Crippen LogP contribution in [0.2, 0.25) is 0 Å². The number of aliphatic imine (C=N–C) groups is 1. The summed E-state index contributed by atoms with van der Waals surface area (Å²) in [5, 5.41) is 7.00. The minimum atomic E-state index is 0.0418. The molecule has 2 rings (SSSR count). The van der Waals surface area contributed by atoms with Crippen molar-refractivity contribution in [3.63, 3.8) is 0 Å². The highest BCUT2D eigenvalue weighted by Crippen LogP contribution is 2.40. The van der Waals surface area contributed by atoms with Gasteiger partial charge in [-0.1, -0.05) is 18.2 Å². The van der Waals surface area contributed by atoms with E-state index in [2.05, 4.69) is 59.8 Å². The molecule has 0 aromatic heterocycles. The van der Waals surface area contributed by atoms with Gasteiger partial charge in [-0.15, -0.1) is 0 Å². The topological polar surface area (TPSA) is 45.1 Å². The fraction of sp³-hybridized carbons (Fsp3) is 0.533. The Hall–Kier alpha value is -1.39. The third-order valence-corrected chi connectivity index (χ3v) is 3.03. The lowest BCUT2D eigenvalue weighted by Gasteiger charge is -2.21. The number of fused-ring (bicyclic) bond motifs is 1. The standard InChI is InChI=1S/C12H16N2.C2H6O.CH4O/c1-12(2)9-7-5-6-8-10(9)14(4)11(12)13-3;1-3-2;1-2/h5-8H,1-4H3;1-2H3;2H,1H3. The highest BCUT2D eigenvalue weighted by Gasteiger charge is 2.39. The molecular weight excluding hydrogens is 240 g/mol. The normalized spacial score (nSPS) is 17.1. The molecule has 4 nitrogen and oxygen atoms in total. The first-order valence-electron chi connectivity index (χ1n) is 6.16. The van der Waals surface area contributed by atoms with Crippen molar-refractivity contribution in [1.29, 1.82) is 0 Å². The molecule has 0 aliphatic carbocycles. The fourth-order valence-corrected chi connectivity index (χ4v) is 2.38. The summed E-state index contributed by atoms with van der Waals surface area (Å²) in [5.74, 6) is 1.14. The number of amidine groups is 1. The van der Waals surface area contributed by atoms with Gasteiger partial charge in [0.1, 0.15) is 5.84 Å². The summed E-state index contributed by atoms with van der Waals surface area (Å²) >= 11 is 0. The second kappa shape index (κ2) is 7.92. The van der Waals surface area contributed by atoms with E-state index >= 15 is 0 Å². The number of hydrogen-bond acceptors (Lipinski definition) is 3. The van der Waals surface area contributed by atoms with Gasteiger partial charge in [0.2, 0.25) is 0 Å². The van der Waals surface area contributed by atoms with Crippen molar-refractivity contribution in [2.45, 2.75) is 19.3 Å². The van der Waals surface area contributed by atoms with E-state index in [1.54, 1.807) is 14.2 Å². The number of rotatable bonds is 0. The largest absolute Gasteiger partial charge is 0.400 e. The summed E-state index contributed by atoms with van der Waals surface area (Å²) in [6, 6.07) is 8.50. The van der Waals surface area contributed by atoms with Crippen molar-refractivity contribution in [2.24, 2.45) is 4.99 Å². The van der Waals surface area contributed by atoms with E-state index in [0.29, 0.717) is 0 Å². The van der Waals surface area contributed by atoms with Crippen molar-refractivity contribution < 1.29 is 9.84 Å². The Kier molecular flexibility index (Phi) is 7.34. The van der Waals surface area contributed by atoms with E-state index in [9.17, 15) is 0 Å². The third-order valence-electron chi connectivity index (χ3n) is 3.03. The van der Waals surface area contributed by atoms with Gasteiger partial charge in [-0.25, -0.2) is 0 Å². The molecule has 1 aromatic rings.